The number of benzene rings is 1. The number of nitrogens with one attached hydrogen (secondary N) is 2. The molecule has 0 radical (unpaired) electrons. The van der Waals surface area contributed by atoms with Crippen LogP contribution < -0.4 is 10.7 Å². The minimum absolute atomic E-state index is 0.389. The van der Waals surface area contributed by atoms with E-state index in [-0.39, 0.29) is 0 Å². The summed E-state index contributed by atoms with van der Waals surface area (Å²) in [6, 6.07) is 7.85. The number of methoxy groups -OCH3 is 1. The maximum atomic E-state index is 11.5. The third-order valence-corrected chi connectivity index (χ3v) is 3.00. The number of hydrogen-bond donors (Lipinski definition) is 2. The maximum absolute atomic E-state index is 11.5. The predicted molar refractivity (Wildman–Crippen MR) is 85.8 cm³/mol. The fraction of sp³-hybridized carbons (Fsp3) is 0.438. The van der Waals surface area contributed by atoms with Crippen LogP contribution in [-0.4, -0.2) is 38.3 Å². The highest BCUT2D eigenvalue weighted by Gasteiger charge is 2.11. The molecule has 0 aliphatic heterocycles. The van der Waals surface area contributed by atoms with Crippen LogP contribution in [0, 0.1) is 0 Å². The molecular formula is C16H23N3O3. The molecule has 0 saturated carbocycles. The van der Waals surface area contributed by atoms with Crippen LogP contribution in [0.25, 0.3) is 0 Å². The van der Waals surface area contributed by atoms with Crippen LogP contribution in [0.2, 0.25) is 0 Å². The van der Waals surface area contributed by atoms with E-state index in [9.17, 15) is 9.59 Å². The Morgan fingerprint density at radius 2 is 1.91 bits per heavy atom. The Labute approximate surface area is 130 Å². The molecule has 1 rings (SSSR count). The number of nitrogens with zero attached hydrogens (tertiary/aromatic N) is 1. The summed E-state index contributed by atoms with van der Waals surface area (Å²) in [7, 11) is 1.58. The van der Waals surface area contributed by atoms with Crippen LogP contribution in [0.15, 0.2) is 29.4 Å². The van der Waals surface area contributed by atoms with Gasteiger partial charge < -0.3 is 10.1 Å². The molecule has 0 fully saturated rings. The summed E-state index contributed by atoms with van der Waals surface area (Å²) in [6.07, 6.45) is 2.15. The third kappa shape index (κ3) is 6.49. The van der Waals surface area contributed by atoms with Crippen molar-refractivity contribution in [1.82, 2.24) is 10.7 Å². The maximum Gasteiger partial charge on any atom is 0.329 e. The number of carbonyl (C=O) groups is 2. The summed E-state index contributed by atoms with van der Waals surface area (Å²) in [5, 5.41) is 6.25. The van der Waals surface area contributed by atoms with Crippen LogP contribution in [0.1, 0.15) is 37.3 Å². The Kier molecular flexibility index (Phi) is 7.85. The van der Waals surface area contributed by atoms with E-state index in [1.165, 1.54) is 11.8 Å². The van der Waals surface area contributed by atoms with Crippen molar-refractivity contribution in [2.75, 3.05) is 20.3 Å². The molecule has 0 saturated heterocycles. The first kappa shape index (κ1) is 17.8. The summed E-state index contributed by atoms with van der Waals surface area (Å²) in [6.45, 7) is 5.16. The minimum atomic E-state index is -0.785. The fourth-order valence-corrected chi connectivity index (χ4v) is 1.68. The van der Waals surface area contributed by atoms with Crippen molar-refractivity contribution in [3.8, 4) is 0 Å². The second-order valence-corrected chi connectivity index (χ2v) is 5.12. The zero-order valence-corrected chi connectivity index (χ0v) is 13.3. The Morgan fingerprint density at radius 1 is 1.23 bits per heavy atom. The van der Waals surface area contributed by atoms with Gasteiger partial charge in [-0.05, 0) is 23.5 Å². The number of hydrazone groups is 1. The molecule has 0 spiro atoms. The SMILES string of the molecule is COCCCNC(=O)C(=O)N/N=C/c1ccc(C(C)C)cc1. The van der Waals surface area contributed by atoms with Gasteiger partial charge in [-0.2, -0.15) is 5.10 Å². The van der Waals surface area contributed by atoms with Gasteiger partial charge in [0.25, 0.3) is 0 Å². The fourth-order valence-electron chi connectivity index (χ4n) is 1.68. The quantitative estimate of drug-likeness (QED) is 0.346. The molecular weight excluding hydrogens is 282 g/mol. The average molecular weight is 305 g/mol. The first-order chi connectivity index (χ1) is 10.5. The van der Waals surface area contributed by atoms with Gasteiger partial charge in [0.2, 0.25) is 0 Å². The number of rotatable bonds is 7. The molecule has 0 aliphatic rings. The molecule has 6 nitrogen and oxygen atoms in total. The molecule has 0 bridgehead atoms. The summed E-state index contributed by atoms with van der Waals surface area (Å²) in [5.41, 5.74) is 4.28. The highest BCUT2D eigenvalue weighted by Crippen LogP contribution is 2.13. The lowest BCUT2D eigenvalue weighted by molar-refractivity contribution is -0.139. The van der Waals surface area contributed by atoms with Crippen molar-refractivity contribution >= 4 is 18.0 Å². The van der Waals surface area contributed by atoms with E-state index in [1.807, 2.05) is 24.3 Å². The van der Waals surface area contributed by atoms with E-state index in [1.54, 1.807) is 7.11 Å². The van der Waals surface area contributed by atoms with Gasteiger partial charge >= 0.3 is 11.8 Å². The molecule has 1 aromatic rings. The molecule has 2 N–H and O–H groups in total. The molecule has 0 atom stereocenters. The second kappa shape index (κ2) is 9.68. The zero-order valence-electron chi connectivity index (χ0n) is 13.3. The van der Waals surface area contributed by atoms with Crippen molar-refractivity contribution in [3.05, 3.63) is 35.4 Å². The normalized spacial score (nSPS) is 10.9. The first-order valence-corrected chi connectivity index (χ1v) is 7.24. The summed E-state index contributed by atoms with van der Waals surface area (Å²) < 4.78 is 4.85. The van der Waals surface area contributed by atoms with E-state index in [2.05, 4.69) is 29.7 Å². The lowest BCUT2D eigenvalue weighted by atomic mass is 10.0. The van der Waals surface area contributed by atoms with Crippen LogP contribution in [0.5, 0.6) is 0 Å². The van der Waals surface area contributed by atoms with E-state index in [0.29, 0.717) is 25.5 Å². The molecule has 2 amide bonds. The molecule has 22 heavy (non-hydrogen) atoms. The summed E-state index contributed by atoms with van der Waals surface area (Å²) in [5.74, 6) is -1.02. The van der Waals surface area contributed by atoms with Gasteiger partial charge in [0.15, 0.2) is 0 Å². The highest BCUT2D eigenvalue weighted by molar-refractivity contribution is 6.35. The van der Waals surface area contributed by atoms with Gasteiger partial charge in [0.05, 0.1) is 6.21 Å². The van der Waals surface area contributed by atoms with E-state index in [4.69, 9.17) is 4.74 Å². The number of amides is 2. The molecule has 120 valence electrons. The number of ether oxygens (including phenoxy) is 1. The lowest BCUT2D eigenvalue weighted by Crippen LogP contribution is -2.38. The van der Waals surface area contributed by atoms with Gasteiger partial charge in [-0.15, -0.1) is 0 Å². The molecule has 0 heterocycles. The monoisotopic (exact) mass is 305 g/mol. The van der Waals surface area contributed by atoms with Gasteiger partial charge in [-0.25, -0.2) is 5.43 Å². The van der Waals surface area contributed by atoms with Crippen molar-refractivity contribution in [2.24, 2.45) is 5.10 Å². The van der Waals surface area contributed by atoms with Gasteiger partial charge in [-0.1, -0.05) is 38.1 Å². The topological polar surface area (TPSA) is 79.8 Å². The standard InChI is InChI=1S/C16H23N3O3/c1-12(2)14-7-5-13(6-8-14)11-18-19-16(21)15(20)17-9-4-10-22-3/h5-8,11-12H,4,9-10H2,1-3H3,(H,17,20)(H,19,21)/b18-11+. The highest BCUT2D eigenvalue weighted by atomic mass is 16.5. The van der Waals surface area contributed by atoms with Crippen LogP contribution in [0.3, 0.4) is 0 Å². The van der Waals surface area contributed by atoms with Crippen LogP contribution in [-0.2, 0) is 14.3 Å². The lowest BCUT2D eigenvalue weighted by Gasteiger charge is -2.04. The van der Waals surface area contributed by atoms with Crippen LogP contribution in [0.4, 0.5) is 0 Å². The van der Waals surface area contributed by atoms with Gasteiger partial charge in [-0.3, -0.25) is 9.59 Å². The Morgan fingerprint density at radius 3 is 2.50 bits per heavy atom. The van der Waals surface area contributed by atoms with Crippen molar-refractivity contribution in [3.63, 3.8) is 0 Å². The van der Waals surface area contributed by atoms with Crippen molar-refractivity contribution < 1.29 is 14.3 Å². The molecule has 6 heteroatoms. The van der Waals surface area contributed by atoms with E-state index < -0.39 is 11.8 Å². The Balaban J connectivity index is 2.37. The van der Waals surface area contributed by atoms with E-state index >= 15 is 0 Å². The van der Waals surface area contributed by atoms with E-state index in [0.717, 1.165) is 5.56 Å². The largest absolute Gasteiger partial charge is 0.385 e. The minimum Gasteiger partial charge on any atom is -0.385 e. The van der Waals surface area contributed by atoms with Gasteiger partial charge in [0.1, 0.15) is 0 Å². The number of hydrogen-bond acceptors (Lipinski definition) is 4. The Hall–Kier alpha value is -2.21. The Bertz CT molecular complexity index is 510. The molecule has 1 aromatic carbocycles. The second-order valence-electron chi connectivity index (χ2n) is 5.12. The predicted octanol–water partition coefficient (Wildman–Crippen LogP) is 1.41. The smallest absolute Gasteiger partial charge is 0.329 e. The third-order valence-electron chi connectivity index (χ3n) is 3.00. The van der Waals surface area contributed by atoms with Crippen LogP contribution >= 0.6 is 0 Å². The summed E-state index contributed by atoms with van der Waals surface area (Å²) in [4.78, 5) is 22.9. The molecule has 0 aromatic heterocycles. The van der Waals surface area contributed by atoms with Gasteiger partial charge in [0, 0.05) is 20.3 Å². The zero-order chi connectivity index (χ0) is 16.4. The molecule has 0 unspecified atom stereocenters. The number of carbonyl (C=O) groups excluding carboxylic acids is 2. The summed E-state index contributed by atoms with van der Waals surface area (Å²) >= 11 is 0. The molecule has 0 aliphatic carbocycles. The first-order valence-electron chi connectivity index (χ1n) is 7.24. The van der Waals surface area contributed by atoms with Crippen molar-refractivity contribution in [2.45, 2.75) is 26.2 Å². The average Bonchev–Trinajstić information content (AvgIpc) is 2.51. The van der Waals surface area contributed by atoms with Crippen molar-refractivity contribution in [1.29, 1.82) is 0 Å².